The van der Waals surface area contributed by atoms with E-state index in [1.165, 1.54) is 49.6 Å². The molecule has 0 spiro atoms. The van der Waals surface area contributed by atoms with Crippen molar-refractivity contribution >= 4 is 24.1 Å². The van der Waals surface area contributed by atoms with Gasteiger partial charge in [0, 0.05) is 12.2 Å². The second kappa shape index (κ2) is 11.3. The van der Waals surface area contributed by atoms with E-state index in [9.17, 15) is 24.9 Å². The molecule has 8 nitrogen and oxygen atoms in total. The number of phenols is 2. The highest BCUT2D eigenvalue weighted by molar-refractivity contribution is 5.88. The van der Waals surface area contributed by atoms with E-state index in [2.05, 4.69) is 0 Å². The minimum absolute atomic E-state index is 0.0288. The summed E-state index contributed by atoms with van der Waals surface area (Å²) in [5.74, 6) is -1.08. The summed E-state index contributed by atoms with van der Waals surface area (Å²) in [4.78, 5) is 23.7. The number of hydrogen-bond donors (Lipinski definition) is 3. The van der Waals surface area contributed by atoms with Crippen molar-refractivity contribution in [2.75, 3.05) is 20.3 Å². The number of ether oxygens (including phenoxy) is 3. The standard InChI is InChI=1S/C22H22O8/c1-28-20-12-16(4-9-19(20)25)6-11-22(27)30-18(13-23)14-29-21(26)10-5-15-2-7-17(24)8-3-15/h2-12,18,23-25H,13-14H2,1H3/t18-/m1/s1. The molecule has 30 heavy (non-hydrogen) atoms. The summed E-state index contributed by atoms with van der Waals surface area (Å²) in [6.45, 7) is -0.844. The zero-order valence-electron chi connectivity index (χ0n) is 16.2. The van der Waals surface area contributed by atoms with Crippen molar-refractivity contribution in [2.45, 2.75) is 6.10 Å². The summed E-state index contributed by atoms with van der Waals surface area (Å²) in [5.41, 5.74) is 1.28. The maximum absolute atomic E-state index is 11.9. The lowest BCUT2D eigenvalue weighted by Crippen LogP contribution is -2.27. The smallest absolute Gasteiger partial charge is 0.331 e. The zero-order valence-corrected chi connectivity index (χ0v) is 16.2. The third-order valence-electron chi connectivity index (χ3n) is 3.82. The van der Waals surface area contributed by atoms with E-state index in [1.807, 2.05) is 0 Å². The van der Waals surface area contributed by atoms with Gasteiger partial charge < -0.3 is 29.5 Å². The van der Waals surface area contributed by atoms with Gasteiger partial charge in [0.05, 0.1) is 13.7 Å². The molecule has 0 saturated heterocycles. The van der Waals surface area contributed by atoms with Crippen LogP contribution in [0.15, 0.2) is 54.6 Å². The van der Waals surface area contributed by atoms with Crippen molar-refractivity contribution in [3.8, 4) is 17.2 Å². The molecule has 3 N–H and O–H groups in total. The van der Waals surface area contributed by atoms with Crippen LogP contribution >= 0.6 is 0 Å². The number of aromatic hydroxyl groups is 2. The van der Waals surface area contributed by atoms with Gasteiger partial charge >= 0.3 is 11.9 Å². The van der Waals surface area contributed by atoms with Crippen molar-refractivity contribution < 1.29 is 39.1 Å². The van der Waals surface area contributed by atoms with E-state index in [1.54, 1.807) is 18.2 Å². The normalized spacial score (nSPS) is 12.1. The number of hydrogen-bond acceptors (Lipinski definition) is 8. The van der Waals surface area contributed by atoms with Gasteiger partial charge in [0.1, 0.15) is 12.4 Å². The lowest BCUT2D eigenvalue weighted by Gasteiger charge is -2.13. The Morgan fingerprint density at radius 3 is 2.27 bits per heavy atom. The number of benzene rings is 2. The zero-order chi connectivity index (χ0) is 21.9. The summed E-state index contributed by atoms with van der Waals surface area (Å²) in [7, 11) is 1.41. The topological polar surface area (TPSA) is 123 Å². The minimum Gasteiger partial charge on any atom is -0.508 e. The molecule has 2 aromatic rings. The first-order valence-corrected chi connectivity index (χ1v) is 8.91. The van der Waals surface area contributed by atoms with Gasteiger partial charge in [-0.25, -0.2) is 9.59 Å². The Kier molecular flexibility index (Phi) is 8.46. The fraction of sp³-hybridized carbons (Fsp3) is 0.182. The van der Waals surface area contributed by atoms with Gasteiger partial charge in [0.2, 0.25) is 0 Å². The van der Waals surface area contributed by atoms with Crippen LogP contribution in [0.4, 0.5) is 0 Å². The number of rotatable bonds is 9. The number of aliphatic hydroxyl groups is 1. The summed E-state index contributed by atoms with van der Waals surface area (Å²) in [6, 6.07) is 10.7. The van der Waals surface area contributed by atoms with Crippen LogP contribution < -0.4 is 4.74 Å². The predicted octanol–water partition coefficient (Wildman–Crippen LogP) is 2.28. The van der Waals surface area contributed by atoms with Crippen LogP contribution in [-0.2, 0) is 19.1 Å². The van der Waals surface area contributed by atoms with Crippen LogP contribution in [-0.4, -0.2) is 53.7 Å². The molecule has 0 radical (unpaired) electrons. The molecular formula is C22H22O8. The number of phenolic OH excluding ortho intramolecular Hbond substituents is 2. The highest BCUT2D eigenvalue weighted by atomic mass is 16.6. The van der Waals surface area contributed by atoms with E-state index in [0.717, 1.165) is 6.08 Å². The molecule has 0 saturated carbocycles. The van der Waals surface area contributed by atoms with Crippen LogP contribution in [0.5, 0.6) is 17.2 Å². The van der Waals surface area contributed by atoms with Crippen molar-refractivity contribution in [3.63, 3.8) is 0 Å². The van der Waals surface area contributed by atoms with Crippen molar-refractivity contribution in [2.24, 2.45) is 0 Å². The monoisotopic (exact) mass is 414 g/mol. The van der Waals surface area contributed by atoms with Gasteiger partial charge in [-0.2, -0.15) is 0 Å². The van der Waals surface area contributed by atoms with Crippen LogP contribution in [0.1, 0.15) is 11.1 Å². The lowest BCUT2D eigenvalue weighted by molar-refractivity contribution is -0.154. The van der Waals surface area contributed by atoms with E-state index in [0.29, 0.717) is 11.1 Å². The summed E-state index contributed by atoms with van der Waals surface area (Å²) in [5, 5.41) is 28.1. The minimum atomic E-state index is -1.03. The van der Waals surface area contributed by atoms with Crippen LogP contribution in [0, 0.1) is 0 Å². The molecule has 0 aliphatic rings. The average molecular weight is 414 g/mol. The molecule has 0 amide bonds. The molecular weight excluding hydrogens is 392 g/mol. The molecule has 158 valence electrons. The van der Waals surface area contributed by atoms with Crippen LogP contribution in [0.3, 0.4) is 0 Å². The largest absolute Gasteiger partial charge is 0.508 e. The number of methoxy groups -OCH3 is 1. The first kappa shape index (κ1) is 22.5. The Morgan fingerprint density at radius 1 is 0.967 bits per heavy atom. The second-order valence-electron chi connectivity index (χ2n) is 6.06. The molecule has 0 unspecified atom stereocenters. The van der Waals surface area contributed by atoms with E-state index < -0.39 is 24.6 Å². The first-order chi connectivity index (χ1) is 14.4. The SMILES string of the molecule is COc1cc(C=CC(=O)O[C@H](CO)COC(=O)C=Cc2ccc(O)cc2)ccc1O. The van der Waals surface area contributed by atoms with E-state index in [-0.39, 0.29) is 23.9 Å². The number of esters is 2. The van der Waals surface area contributed by atoms with Crippen molar-refractivity contribution in [1.29, 1.82) is 0 Å². The van der Waals surface area contributed by atoms with Gasteiger partial charge in [0.15, 0.2) is 17.6 Å². The maximum Gasteiger partial charge on any atom is 0.331 e. The Labute approximate surface area is 173 Å². The highest BCUT2D eigenvalue weighted by Gasteiger charge is 2.14. The quantitative estimate of drug-likeness (QED) is 0.422. The highest BCUT2D eigenvalue weighted by Crippen LogP contribution is 2.26. The van der Waals surface area contributed by atoms with Gasteiger partial charge in [-0.15, -0.1) is 0 Å². The number of aliphatic hydroxyl groups excluding tert-OH is 1. The van der Waals surface area contributed by atoms with Crippen molar-refractivity contribution in [3.05, 3.63) is 65.7 Å². The molecule has 0 bridgehead atoms. The summed E-state index contributed by atoms with van der Waals surface area (Å²) < 4.78 is 15.0. The molecule has 0 fully saturated rings. The molecule has 8 heteroatoms. The Bertz CT molecular complexity index is 915. The third kappa shape index (κ3) is 7.33. The summed E-state index contributed by atoms with van der Waals surface area (Å²) in [6.07, 6.45) is 4.24. The first-order valence-electron chi connectivity index (χ1n) is 8.91. The Hall–Kier alpha value is -3.78. The Balaban J connectivity index is 1.83. The molecule has 0 heterocycles. The molecule has 0 aliphatic heterocycles. The van der Waals surface area contributed by atoms with Gasteiger partial charge in [-0.1, -0.05) is 18.2 Å². The maximum atomic E-state index is 11.9. The van der Waals surface area contributed by atoms with Gasteiger partial charge in [-0.05, 0) is 47.5 Å². The third-order valence-corrected chi connectivity index (χ3v) is 3.82. The second-order valence-corrected chi connectivity index (χ2v) is 6.06. The summed E-state index contributed by atoms with van der Waals surface area (Å²) >= 11 is 0. The van der Waals surface area contributed by atoms with E-state index >= 15 is 0 Å². The van der Waals surface area contributed by atoms with E-state index in [4.69, 9.17) is 14.2 Å². The molecule has 2 aromatic carbocycles. The molecule has 2 rings (SSSR count). The molecule has 0 aliphatic carbocycles. The van der Waals surface area contributed by atoms with Gasteiger partial charge in [0.25, 0.3) is 0 Å². The fourth-order valence-electron chi connectivity index (χ4n) is 2.26. The average Bonchev–Trinajstić information content (AvgIpc) is 2.75. The predicted molar refractivity (Wildman–Crippen MR) is 109 cm³/mol. The Morgan fingerprint density at radius 2 is 1.60 bits per heavy atom. The lowest BCUT2D eigenvalue weighted by atomic mass is 10.2. The molecule has 0 aromatic heterocycles. The van der Waals surface area contributed by atoms with Crippen LogP contribution in [0.25, 0.3) is 12.2 Å². The number of carbonyl (C=O) groups is 2. The number of carbonyl (C=O) groups excluding carboxylic acids is 2. The van der Waals surface area contributed by atoms with Gasteiger partial charge in [-0.3, -0.25) is 0 Å². The van der Waals surface area contributed by atoms with Crippen molar-refractivity contribution in [1.82, 2.24) is 0 Å². The fourth-order valence-corrected chi connectivity index (χ4v) is 2.26. The van der Waals surface area contributed by atoms with Crippen LogP contribution in [0.2, 0.25) is 0 Å². The molecule has 1 atom stereocenters.